The van der Waals surface area contributed by atoms with E-state index < -0.39 is 5.82 Å². The Kier molecular flexibility index (Phi) is 3.82. The molecule has 15 heavy (non-hydrogen) atoms. The highest BCUT2D eigenvalue weighted by molar-refractivity contribution is 9.10. The molecule has 0 atom stereocenters. The number of aromatic hydroxyl groups is 1. The van der Waals surface area contributed by atoms with Crippen molar-refractivity contribution in [2.24, 2.45) is 4.99 Å². The third-order valence-corrected chi connectivity index (χ3v) is 2.59. The van der Waals surface area contributed by atoms with Gasteiger partial charge in [0.05, 0.1) is 18.1 Å². The molecule has 0 fully saturated rings. The van der Waals surface area contributed by atoms with Gasteiger partial charge in [-0.05, 0) is 15.9 Å². The first kappa shape index (κ1) is 11.7. The van der Waals surface area contributed by atoms with Gasteiger partial charge in [0.1, 0.15) is 5.82 Å². The minimum Gasteiger partial charge on any atom is -0.504 e. The molecule has 0 heterocycles. The molecular weight excluding hydrogens is 269 g/mol. The second-order valence-corrected chi connectivity index (χ2v) is 3.40. The molecule has 1 aromatic rings. The van der Waals surface area contributed by atoms with Gasteiger partial charge in [0, 0.05) is 11.6 Å². The molecule has 0 aromatic heterocycles. The topological polar surface area (TPSA) is 58.9 Å². The second kappa shape index (κ2) is 4.91. The lowest BCUT2D eigenvalue weighted by molar-refractivity contribution is 0.367. The zero-order valence-corrected chi connectivity index (χ0v) is 9.34. The maximum Gasteiger partial charge on any atom is 0.235 e. The molecule has 0 aliphatic rings. The molecule has 0 aliphatic carbocycles. The van der Waals surface area contributed by atoms with Crippen LogP contribution in [-0.4, -0.2) is 18.3 Å². The molecule has 0 bridgehead atoms. The van der Waals surface area contributed by atoms with Crippen molar-refractivity contribution in [3.05, 3.63) is 21.9 Å². The zero-order valence-electron chi connectivity index (χ0n) is 7.75. The summed E-state index contributed by atoms with van der Waals surface area (Å²) in [5, 5.41) is 9.32. The van der Waals surface area contributed by atoms with E-state index in [0.717, 1.165) is 6.07 Å². The van der Waals surface area contributed by atoms with Crippen molar-refractivity contribution in [1.82, 2.24) is 0 Å². The lowest BCUT2D eigenvalue weighted by atomic mass is 10.2. The van der Waals surface area contributed by atoms with E-state index in [1.165, 1.54) is 13.2 Å². The van der Waals surface area contributed by atoms with Gasteiger partial charge >= 0.3 is 0 Å². The van der Waals surface area contributed by atoms with Crippen LogP contribution < -0.4 is 4.74 Å². The van der Waals surface area contributed by atoms with E-state index >= 15 is 0 Å². The second-order valence-electron chi connectivity index (χ2n) is 2.61. The van der Waals surface area contributed by atoms with Crippen molar-refractivity contribution >= 4 is 22.0 Å². The fraction of sp³-hybridized carbons (Fsp3) is 0.222. The first-order valence-electron chi connectivity index (χ1n) is 3.89. The van der Waals surface area contributed by atoms with Crippen LogP contribution in [0.1, 0.15) is 5.56 Å². The quantitative estimate of drug-likeness (QED) is 0.679. The standard InChI is InChI=1S/C9H7BrFNO3/c1-15-9-7(14)2-6(11)5(8(9)10)3-12-4-13/h2,14H,3H2,1H3. The summed E-state index contributed by atoms with van der Waals surface area (Å²) >= 11 is 3.06. The summed E-state index contributed by atoms with van der Waals surface area (Å²) in [5.74, 6) is -0.882. The van der Waals surface area contributed by atoms with Gasteiger partial charge in [-0.15, -0.1) is 0 Å². The summed E-state index contributed by atoms with van der Waals surface area (Å²) in [6.07, 6.45) is 1.31. The SMILES string of the molecule is COc1c(O)cc(F)c(CN=C=O)c1Br. The van der Waals surface area contributed by atoms with Crippen LogP contribution in [0.25, 0.3) is 0 Å². The van der Waals surface area contributed by atoms with Crippen molar-refractivity contribution in [1.29, 1.82) is 0 Å². The van der Waals surface area contributed by atoms with E-state index in [1.807, 2.05) is 0 Å². The Balaban J connectivity index is 3.31. The zero-order chi connectivity index (χ0) is 11.4. The number of phenolic OH excluding ortho intramolecular Hbond substituents is 1. The number of rotatable bonds is 3. The lowest BCUT2D eigenvalue weighted by Gasteiger charge is -2.09. The molecule has 0 aliphatic heterocycles. The summed E-state index contributed by atoms with van der Waals surface area (Å²) in [4.78, 5) is 13.2. The summed E-state index contributed by atoms with van der Waals surface area (Å²) in [5.41, 5.74) is 0.132. The van der Waals surface area contributed by atoms with E-state index in [0.29, 0.717) is 0 Å². The minimum atomic E-state index is -0.667. The number of carbonyl (C=O) groups excluding carboxylic acids is 1. The van der Waals surface area contributed by atoms with E-state index in [4.69, 9.17) is 4.74 Å². The average molecular weight is 276 g/mol. The molecule has 80 valence electrons. The molecule has 0 spiro atoms. The number of benzene rings is 1. The Labute approximate surface area is 93.5 Å². The molecule has 6 heteroatoms. The number of aliphatic imine (C=N–C) groups is 1. The van der Waals surface area contributed by atoms with Gasteiger partial charge in [-0.25, -0.2) is 14.2 Å². The fourth-order valence-corrected chi connectivity index (χ4v) is 1.76. The summed E-state index contributed by atoms with van der Waals surface area (Å²) in [6, 6.07) is 0.902. The van der Waals surface area contributed by atoms with Crippen LogP contribution in [0.4, 0.5) is 4.39 Å². The molecule has 4 nitrogen and oxygen atoms in total. The van der Waals surface area contributed by atoms with E-state index in [1.54, 1.807) is 0 Å². The van der Waals surface area contributed by atoms with Crippen LogP contribution in [0, 0.1) is 5.82 Å². The summed E-state index contributed by atoms with van der Waals surface area (Å²) in [6.45, 7) is -0.160. The number of nitrogens with zero attached hydrogens (tertiary/aromatic N) is 1. The van der Waals surface area contributed by atoms with Crippen LogP contribution in [0.2, 0.25) is 0 Å². The highest BCUT2D eigenvalue weighted by Gasteiger charge is 2.16. The van der Waals surface area contributed by atoms with E-state index in [2.05, 4.69) is 20.9 Å². The highest BCUT2D eigenvalue weighted by atomic mass is 79.9. The Morgan fingerprint density at radius 2 is 2.40 bits per heavy atom. The number of ether oxygens (including phenoxy) is 1. The van der Waals surface area contributed by atoms with Crippen molar-refractivity contribution in [3.8, 4) is 11.5 Å². The van der Waals surface area contributed by atoms with Crippen LogP contribution in [-0.2, 0) is 11.3 Å². The predicted molar refractivity (Wildman–Crippen MR) is 54.1 cm³/mol. The molecule has 0 amide bonds. The van der Waals surface area contributed by atoms with Crippen molar-refractivity contribution in [3.63, 3.8) is 0 Å². The number of methoxy groups -OCH3 is 1. The Morgan fingerprint density at radius 1 is 1.73 bits per heavy atom. The van der Waals surface area contributed by atoms with Crippen LogP contribution in [0.3, 0.4) is 0 Å². The number of isocyanates is 1. The van der Waals surface area contributed by atoms with Gasteiger partial charge in [0.15, 0.2) is 11.5 Å². The highest BCUT2D eigenvalue weighted by Crippen LogP contribution is 2.38. The first-order chi connectivity index (χ1) is 7.11. The maximum absolute atomic E-state index is 13.3. The van der Waals surface area contributed by atoms with E-state index in [-0.39, 0.29) is 28.1 Å². The fourth-order valence-electron chi connectivity index (χ4n) is 1.08. The molecule has 0 saturated heterocycles. The third kappa shape index (κ3) is 2.34. The van der Waals surface area contributed by atoms with Gasteiger partial charge in [-0.3, -0.25) is 0 Å². The van der Waals surface area contributed by atoms with Gasteiger partial charge in [0.25, 0.3) is 0 Å². The lowest BCUT2D eigenvalue weighted by Crippen LogP contribution is -1.95. The van der Waals surface area contributed by atoms with Crippen molar-refractivity contribution < 1.29 is 19.0 Å². The number of hydrogen-bond donors (Lipinski definition) is 1. The van der Waals surface area contributed by atoms with Gasteiger partial charge in [-0.1, -0.05) is 0 Å². The molecule has 0 radical (unpaired) electrons. The number of halogens is 2. The first-order valence-corrected chi connectivity index (χ1v) is 4.68. The molecular formula is C9H7BrFNO3. The van der Waals surface area contributed by atoms with E-state index in [9.17, 15) is 14.3 Å². The number of hydrogen-bond acceptors (Lipinski definition) is 4. The normalized spacial score (nSPS) is 9.53. The van der Waals surface area contributed by atoms with Crippen molar-refractivity contribution in [2.45, 2.75) is 6.54 Å². The van der Waals surface area contributed by atoms with Crippen LogP contribution in [0.15, 0.2) is 15.5 Å². The van der Waals surface area contributed by atoms with Crippen LogP contribution >= 0.6 is 15.9 Å². The molecule has 1 rings (SSSR count). The molecule has 1 aromatic carbocycles. The average Bonchev–Trinajstić information content (AvgIpc) is 2.17. The Bertz CT molecular complexity index is 430. The maximum atomic E-state index is 13.3. The Hall–Kier alpha value is -1.39. The molecule has 1 N–H and O–H groups in total. The monoisotopic (exact) mass is 275 g/mol. The van der Waals surface area contributed by atoms with Gasteiger partial charge in [-0.2, -0.15) is 0 Å². The van der Waals surface area contributed by atoms with Crippen LogP contribution in [0.5, 0.6) is 11.5 Å². The number of phenols is 1. The predicted octanol–water partition coefficient (Wildman–Crippen LogP) is 2.14. The molecule has 0 unspecified atom stereocenters. The minimum absolute atomic E-state index is 0.104. The summed E-state index contributed by atoms with van der Waals surface area (Å²) < 4.78 is 18.4. The van der Waals surface area contributed by atoms with Crippen molar-refractivity contribution in [2.75, 3.05) is 7.11 Å². The summed E-state index contributed by atoms with van der Waals surface area (Å²) in [7, 11) is 1.34. The van der Waals surface area contributed by atoms with Gasteiger partial charge in [0.2, 0.25) is 6.08 Å². The van der Waals surface area contributed by atoms with Gasteiger partial charge < -0.3 is 9.84 Å². The largest absolute Gasteiger partial charge is 0.504 e. The smallest absolute Gasteiger partial charge is 0.235 e. The Morgan fingerprint density at radius 3 is 2.93 bits per heavy atom. The third-order valence-electron chi connectivity index (χ3n) is 1.75. The molecule has 0 saturated carbocycles.